The van der Waals surface area contributed by atoms with Gasteiger partial charge in [-0.05, 0) is 74.9 Å². The van der Waals surface area contributed by atoms with Crippen molar-refractivity contribution in [1.29, 1.82) is 0 Å². The average molecular weight is 276 g/mol. The van der Waals surface area contributed by atoms with E-state index in [-0.39, 0.29) is 5.82 Å². The Kier molecular flexibility index (Phi) is 4.37. The van der Waals surface area contributed by atoms with Gasteiger partial charge in [-0.1, -0.05) is 6.07 Å². The molecule has 0 spiro atoms. The molecule has 20 heavy (non-hydrogen) atoms. The molecule has 1 saturated carbocycles. The summed E-state index contributed by atoms with van der Waals surface area (Å²) in [6, 6.07) is 5.91. The summed E-state index contributed by atoms with van der Waals surface area (Å²) in [5.74, 6) is 0.652. The highest BCUT2D eigenvalue weighted by Crippen LogP contribution is 2.30. The first-order valence-corrected chi connectivity index (χ1v) is 7.92. The summed E-state index contributed by atoms with van der Waals surface area (Å²) in [6.07, 6.45) is 5.25. The van der Waals surface area contributed by atoms with Crippen LogP contribution < -0.4 is 5.32 Å². The molecule has 1 aliphatic carbocycles. The summed E-state index contributed by atoms with van der Waals surface area (Å²) < 4.78 is 13.4. The maximum atomic E-state index is 13.4. The summed E-state index contributed by atoms with van der Waals surface area (Å²) in [7, 11) is 0. The molecule has 110 valence electrons. The molecule has 1 aromatic rings. The molecular formula is C17H25FN2. The molecule has 1 N–H and O–H groups in total. The van der Waals surface area contributed by atoms with E-state index in [4.69, 9.17) is 0 Å². The Balaban J connectivity index is 1.66. The monoisotopic (exact) mass is 276 g/mol. The fourth-order valence-electron chi connectivity index (χ4n) is 3.22. The van der Waals surface area contributed by atoms with Gasteiger partial charge in [0.1, 0.15) is 5.82 Å². The topological polar surface area (TPSA) is 15.3 Å². The van der Waals surface area contributed by atoms with Crippen LogP contribution in [0, 0.1) is 18.7 Å². The van der Waals surface area contributed by atoms with E-state index in [0.717, 1.165) is 37.2 Å². The van der Waals surface area contributed by atoms with Crippen molar-refractivity contribution in [2.45, 2.75) is 45.2 Å². The van der Waals surface area contributed by atoms with Crippen LogP contribution in [-0.4, -0.2) is 30.6 Å². The van der Waals surface area contributed by atoms with Crippen LogP contribution in [0.25, 0.3) is 0 Å². The molecule has 0 bridgehead atoms. The van der Waals surface area contributed by atoms with E-state index in [2.05, 4.69) is 17.1 Å². The molecular weight excluding hydrogens is 251 g/mol. The van der Waals surface area contributed by atoms with Crippen molar-refractivity contribution in [2.75, 3.05) is 19.6 Å². The van der Waals surface area contributed by atoms with Crippen molar-refractivity contribution in [3.63, 3.8) is 0 Å². The number of benzene rings is 1. The van der Waals surface area contributed by atoms with Crippen LogP contribution >= 0.6 is 0 Å². The lowest BCUT2D eigenvalue weighted by Gasteiger charge is -2.30. The summed E-state index contributed by atoms with van der Waals surface area (Å²) in [5.41, 5.74) is 2.36. The van der Waals surface area contributed by atoms with Gasteiger partial charge in [-0.3, -0.25) is 4.90 Å². The van der Waals surface area contributed by atoms with Gasteiger partial charge in [0.2, 0.25) is 0 Å². The van der Waals surface area contributed by atoms with E-state index in [9.17, 15) is 4.39 Å². The molecule has 0 radical (unpaired) electrons. The van der Waals surface area contributed by atoms with Gasteiger partial charge >= 0.3 is 0 Å². The molecule has 0 aromatic heterocycles. The molecule has 1 aromatic carbocycles. The Labute approximate surface area is 121 Å². The van der Waals surface area contributed by atoms with E-state index < -0.39 is 0 Å². The molecule has 1 atom stereocenters. The average Bonchev–Trinajstić information content (AvgIpc) is 3.28. The normalized spacial score (nSPS) is 23.2. The van der Waals surface area contributed by atoms with Crippen LogP contribution in [-0.2, 0) is 6.54 Å². The van der Waals surface area contributed by atoms with E-state index in [1.165, 1.54) is 37.8 Å². The maximum absolute atomic E-state index is 13.4. The minimum absolute atomic E-state index is 0.110. The van der Waals surface area contributed by atoms with Gasteiger partial charge in [-0.25, -0.2) is 4.39 Å². The predicted molar refractivity (Wildman–Crippen MR) is 80.2 cm³/mol. The summed E-state index contributed by atoms with van der Waals surface area (Å²) in [6.45, 7) is 6.47. The highest BCUT2D eigenvalue weighted by molar-refractivity contribution is 5.26. The molecule has 3 rings (SSSR count). The first-order chi connectivity index (χ1) is 9.72. The zero-order chi connectivity index (χ0) is 13.9. The number of nitrogens with one attached hydrogen (secondary N) is 1. The van der Waals surface area contributed by atoms with Crippen molar-refractivity contribution < 1.29 is 4.39 Å². The van der Waals surface area contributed by atoms with Crippen molar-refractivity contribution >= 4 is 0 Å². The lowest BCUT2D eigenvalue weighted by atomic mass is 9.98. The van der Waals surface area contributed by atoms with E-state index in [1.54, 1.807) is 12.1 Å². The molecule has 1 unspecified atom stereocenters. The first kappa shape index (κ1) is 14.0. The third-order valence-electron chi connectivity index (χ3n) is 4.64. The van der Waals surface area contributed by atoms with E-state index >= 15 is 0 Å². The zero-order valence-corrected chi connectivity index (χ0v) is 12.4. The zero-order valence-electron chi connectivity index (χ0n) is 12.4. The Morgan fingerprint density at radius 3 is 2.85 bits per heavy atom. The predicted octanol–water partition coefficient (Wildman–Crippen LogP) is 3.10. The Hall–Kier alpha value is -0.930. The highest BCUT2D eigenvalue weighted by atomic mass is 19.1. The van der Waals surface area contributed by atoms with Crippen LogP contribution in [0.3, 0.4) is 0 Å². The lowest BCUT2D eigenvalue weighted by Crippen LogP contribution is -2.39. The number of hydrogen-bond donors (Lipinski definition) is 1. The van der Waals surface area contributed by atoms with Gasteiger partial charge in [0.05, 0.1) is 0 Å². The van der Waals surface area contributed by atoms with Crippen LogP contribution in [0.5, 0.6) is 0 Å². The number of halogens is 1. The smallest absolute Gasteiger partial charge is 0.123 e. The number of piperidine rings is 1. The minimum atomic E-state index is -0.110. The van der Waals surface area contributed by atoms with Gasteiger partial charge in [-0.2, -0.15) is 0 Å². The second-order valence-corrected chi connectivity index (χ2v) is 6.44. The second-order valence-electron chi connectivity index (χ2n) is 6.44. The van der Waals surface area contributed by atoms with Crippen molar-refractivity contribution in [1.82, 2.24) is 10.2 Å². The minimum Gasteiger partial charge on any atom is -0.316 e. The van der Waals surface area contributed by atoms with Gasteiger partial charge in [0, 0.05) is 19.1 Å². The molecule has 3 heteroatoms. The van der Waals surface area contributed by atoms with Gasteiger partial charge in [0.15, 0.2) is 0 Å². The Morgan fingerprint density at radius 2 is 2.15 bits per heavy atom. The molecule has 1 saturated heterocycles. The SMILES string of the molecule is Cc1ccc(F)cc1CN(CC1CCCNC1)C1CC1. The summed E-state index contributed by atoms with van der Waals surface area (Å²) in [5, 5.41) is 3.50. The number of nitrogens with zero attached hydrogens (tertiary/aromatic N) is 1. The van der Waals surface area contributed by atoms with Crippen LogP contribution in [0.2, 0.25) is 0 Å². The van der Waals surface area contributed by atoms with E-state index in [1.807, 2.05) is 6.07 Å². The number of hydrogen-bond acceptors (Lipinski definition) is 2. The van der Waals surface area contributed by atoms with Gasteiger partial charge < -0.3 is 5.32 Å². The second kappa shape index (κ2) is 6.23. The molecule has 2 nitrogen and oxygen atoms in total. The standard InChI is InChI=1S/C17H25FN2/c1-13-4-5-16(18)9-15(13)12-20(17-6-7-17)11-14-3-2-8-19-10-14/h4-5,9,14,17,19H,2-3,6-8,10-12H2,1H3. The number of aryl methyl sites for hydroxylation is 1. The molecule has 2 aliphatic rings. The number of rotatable bonds is 5. The van der Waals surface area contributed by atoms with Gasteiger partial charge in [0.25, 0.3) is 0 Å². The highest BCUT2D eigenvalue weighted by Gasteiger charge is 2.31. The Morgan fingerprint density at radius 1 is 1.30 bits per heavy atom. The molecule has 1 heterocycles. The third-order valence-corrected chi connectivity index (χ3v) is 4.64. The fourth-order valence-corrected chi connectivity index (χ4v) is 3.22. The largest absolute Gasteiger partial charge is 0.316 e. The Bertz CT molecular complexity index is 450. The molecule has 1 aliphatic heterocycles. The summed E-state index contributed by atoms with van der Waals surface area (Å²) >= 11 is 0. The molecule has 0 amide bonds. The van der Waals surface area contributed by atoms with Crippen LogP contribution in [0.4, 0.5) is 4.39 Å². The summed E-state index contributed by atoms with van der Waals surface area (Å²) in [4.78, 5) is 2.58. The van der Waals surface area contributed by atoms with Crippen molar-refractivity contribution in [3.05, 3.63) is 35.1 Å². The first-order valence-electron chi connectivity index (χ1n) is 7.92. The molecule has 2 fully saturated rings. The fraction of sp³-hybridized carbons (Fsp3) is 0.647. The third kappa shape index (κ3) is 3.58. The van der Waals surface area contributed by atoms with Crippen LogP contribution in [0.15, 0.2) is 18.2 Å². The quantitative estimate of drug-likeness (QED) is 0.889. The van der Waals surface area contributed by atoms with Gasteiger partial charge in [-0.15, -0.1) is 0 Å². The van der Waals surface area contributed by atoms with Crippen molar-refractivity contribution in [2.24, 2.45) is 5.92 Å². The van der Waals surface area contributed by atoms with Crippen molar-refractivity contribution in [3.8, 4) is 0 Å². The lowest BCUT2D eigenvalue weighted by molar-refractivity contribution is 0.192. The maximum Gasteiger partial charge on any atom is 0.123 e. The van der Waals surface area contributed by atoms with Crippen LogP contribution in [0.1, 0.15) is 36.8 Å². The van der Waals surface area contributed by atoms with E-state index in [0.29, 0.717) is 0 Å².